The molecule has 2 amide bonds. The van der Waals surface area contributed by atoms with Gasteiger partial charge in [0.1, 0.15) is 18.1 Å². The molecule has 0 bridgehead atoms. The Balaban J connectivity index is 1.42. The number of rotatable bonds is 4. The molecule has 1 aliphatic heterocycles. The first kappa shape index (κ1) is 23.6. The van der Waals surface area contributed by atoms with Crippen LogP contribution < -0.4 is 10.1 Å². The number of allylic oxidation sites excluding steroid dienone is 6. The number of aromatic hydroxyl groups is 1. The summed E-state index contributed by atoms with van der Waals surface area (Å²) in [6.07, 6.45) is 3.71. The SMILES string of the molecule is O=C1C=C(Br)C(=O)C2=C1C(c1ccc(OCc3ccccc3)cc1O)C1=CCC3C(=O)NC(=O)C3C1C2. The van der Waals surface area contributed by atoms with E-state index in [9.17, 15) is 24.3 Å². The van der Waals surface area contributed by atoms with Crippen LogP contribution in [-0.2, 0) is 25.8 Å². The van der Waals surface area contributed by atoms with Crippen LogP contribution in [0.3, 0.4) is 0 Å². The number of amides is 2. The van der Waals surface area contributed by atoms with Crippen molar-refractivity contribution < 1.29 is 29.0 Å². The van der Waals surface area contributed by atoms with E-state index >= 15 is 0 Å². The van der Waals surface area contributed by atoms with E-state index in [-0.39, 0.29) is 40.0 Å². The first-order valence-electron chi connectivity index (χ1n) is 12.1. The van der Waals surface area contributed by atoms with E-state index in [1.165, 1.54) is 12.1 Å². The number of halogens is 1. The van der Waals surface area contributed by atoms with Crippen LogP contribution in [0.2, 0.25) is 0 Å². The Kier molecular flexibility index (Phi) is 5.71. The van der Waals surface area contributed by atoms with E-state index in [2.05, 4.69) is 21.2 Å². The zero-order chi connectivity index (χ0) is 25.8. The number of hydrogen-bond acceptors (Lipinski definition) is 6. The second kappa shape index (κ2) is 8.95. The molecule has 3 aliphatic carbocycles. The number of benzene rings is 2. The molecule has 1 fully saturated rings. The molecule has 1 heterocycles. The number of phenolic OH excluding ortho intramolecular Hbond substituents is 1. The lowest BCUT2D eigenvalue weighted by molar-refractivity contribution is -0.126. The molecule has 0 aromatic heterocycles. The normalized spacial score (nSPS) is 26.6. The van der Waals surface area contributed by atoms with Crippen molar-refractivity contribution in [2.45, 2.75) is 25.4 Å². The molecule has 4 atom stereocenters. The lowest BCUT2D eigenvalue weighted by Gasteiger charge is -2.42. The summed E-state index contributed by atoms with van der Waals surface area (Å²) in [5.74, 6) is -3.18. The first-order chi connectivity index (χ1) is 17.8. The van der Waals surface area contributed by atoms with Crippen LogP contribution in [0, 0.1) is 17.8 Å². The molecule has 1 saturated heterocycles. The van der Waals surface area contributed by atoms with Crippen LogP contribution in [0.4, 0.5) is 0 Å². The van der Waals surface area contributed by atoms with Crippen molar-refractivity contribution in [1.82, 2.24) is 5.32 Å². The lowest BCUT2D eigenvalue weighted by Crippen LogP contribution is -2.39. The fraction of sp³-hybridized carbons (Fsp3) is 0.241. The highest BCUT2D eigenvalue weighted by Gasteiger charge is 2.53. The molecule has 0 radical (unpaired) electrons. The summed E-state index contributed by atoms with van der Waals surface area (Å²) in [5.41, 5.74) is 2.85. The predicted molar refractivity (Wildman–Crippen MR) is 137 cm³/mol. The molecule has 8 heteroatoms. The fourth-order valence-corrected chi connectivity index (χ4v) is 6.52. The third-order valence-corrected chi connectivity index (χ3v) is 8.32. The van der Waals surface area contributed by atoms with Gasteiger partial charge in [0.15, 0.2) is 11.6 Å². The van der Waals surface area contributed by atoms with Crippen molar-refractivity contribution in [1.29, 1.82) is 0 Å². The molecule has 7 nitrogen and oxygen atoms in total. The Morgan fingerprint density at radius 2 is 1.78 bits per heavy atom. The van der Waals surface area contributed by atoms with Gasteiger partial charge in [-0.25, -0.2) is 0 Å². The number of Topliss-reactive ketones (excluding diaryl/α,β-unsaturated/α-hetero) is 1. The minimum Gasteiger partial charge on any atom is -0.507 e. The summed E-state index contributed by atoms with van der Waals surface area (Å²) in [4.78, 5) is 51.6. The van der Waals surface area contributed by atoms with E-state index < -0.39 is 23.7 Å². The summed E-state index contributed by atoms with van der Waals surface area (Å²) < 4.78 is 6.01. The Labute approximate surface area is 221 Å². The topological polar surface area (TPSA) is 110 Å². The van der Waals surface area contributed by atoms with E-state index in [1.54, 1.807) is 12.1 Å². The maximum atomic E-state index is 13.2. The van der Waals surface area contributed by atoms with Gasteiger partial charge in [0.25, 0.3) is 0 Å². The van der Waals surface area contributed by atoms with Gasteiger partial charge in [0, 0.05) is 34.8 Å². The fourth-order valence-electron chi connectivity index (χ4n) is 6.07. The van der Waals surface area contributed by atoms with E-state index in [0.29, 0.717) is 35.5 Å². The van der Waals surface area contributed by atoms with Crippen molar-refractivity contribution in [3.63, 3.8) is 0 Å². The van der Waals surface area contributed by atoms with Crippen molar-refractivity contribution in [2.75, 3.05) is 0 Å². The summed E-state index contributed by atoms with van der Waals surface area (Å²) in [6, 6.07) is 14.6. The van der Waals surface area contributed by atoms with Crippen molar-refractivity contribution in [2.24, 2.45) is 17.8 Å². The minimum absolute atomic E-state index is 0.0769. The lowest BCUT2D eigenvalue weighted by atomic mass is 9.59. The molecule has 37 heavy (non-hydrogen) atoms. The number of ether oxygens (including phenoxy) is 1. The number of carbonyl (C=O) groups excluding carboxylic acids is 4. The maximum absolute atomic E-state index is 13.2. The predicted octanol–water partition coefficient (Wildman–Crippen LogP) is 4.02. The van der Waals surface area contributed by atoms with Crippen LogP contribution >= 0.6 is 15.9 Å². The highest BCUT2D eigenvalue weighted by Crippen LogP contribution is 2.55. The largest absolute Gasteiger partial charge is 0.507 e. The number of imide groups is 1. The summed E-state index contributed by atoms with van der Waals surface area (Å²) in [7, 11) is 0. The Bertz CT molecular complexity index is 1470. The first-order valence-corrected chi connectivity index (χ1v) is 12.9. The molecule has 0 spiro atoms. The smallest absolute Gasteiger partial charge is 0.231 e. The van der Waals surface area contributed by atoms with Gasteiger partial charge in [-0.1, -0.05) is 48.0 Å². The minimum atomic E-state index is -0.713. The van der Waals surface area contributed by atoms with Gasteiger partial charge < -0.3 is 9.84 Å². The van der Waals surface area contributed by atoms with Crippen LogP contribution in [0.5, 0.6) is 11.5 Å². The second-order valence-corrected chi connectivity index (χ2v) is 10.6. The molecule has 6 rings (SSSR count). The average Bonchev–Trinajstić information content (AvgIpc) is 3.19. The summed E-state index contributed by atoms with van der Waals surface area (Å²) in [6.45, 7) is 0.323. The third-order valence-electron chi connectivity index (χ3n) is 7.74. The number of nitrogens with one attached hydrogen (secondary N) is 1. The zero-order valence-electron chi connectivity index (χ0n) is 19.6. The van der Waals surface area contributed by atoms with E-state index in [4.69, 9.17) is 4.74 Å². The monoisotopic (exact) mass is 559 g/mol. The van der Waals surface area contributed by atoms with Gasteiger partial charge in [-0.3, -0.25) is 24.5 Å². The molecular weight excluding hydrogens is 538 g/mol. The molecular formula is C29H22BrNO6. The van der Waals surface area contributed by atoms with Gasteiger partial charge in [0.2, 0.25) is 11.8 Å². The third kappa shape index (κ3) is 3.87. The number of ketones is 2. The molecule has 186 valence electrons. The standard InChI is InChI=1S/C29H22BrNO6/c30-21-12-23(33)26-20(27(21)34)11-19-16(8-9-18-25(19)29(36)31-28(18)35)24(26)17-7-6-15(10-22(17)32)37-13-14-4-2-1-3-5-14/h1-8,10,12,18-19,24-25,32H,9,11,13H2,(H,31,35,36). The Hall–Kier alpha value is -3.78. The Morgan fingerprint density at radius 3 is 2.54 bits per heavy atom. The molecule has 4 aliphatic rings. The molecule has 2 aromatic carbocycles. The second-order valence-electron chi connectivity index (χ2n) is 9.74. The number of fused-ring (bicyclic) bond motifs is 3. The number of hydrogen-bond donors (Lipinski definition) is 2. The molecule has 2 aromatic rings. The highest BCUT2D eigenvalue weighted by molar-refractivity contribution is 9.12. The van der Waals surface area contributed by atoms with Crippen LogP contribution in [0.1, 0.15) is 29.9 Å². The average molecular weight is 560 g/mol. The van der Waals surface area contributed by atoms with E-state index in [1.807, 2.05) is 36.4 Å². The van der Waals surface area contributed by atoms with Crippen LogP contribution in [-0.4, -0.2) is 28.5 Å². The molecule has 0 saturated carbocycles. The van der Waals surface area contributed by atoms with Gasteiger partial charge in [-0.05, 0) is 46.3 Å². The zero-order valence-corrected chi connectivity index (χ0v) is 21.2. The summed E-state index contributed by atoms with van der Waals surface area (Å²) >= 11 is 3.20. The van der Waals surface area contributed by atoms with Gasteiger partial charge >= 0.3 is 0 Å². The Morgan fingerprint density at radius 1 is 1.00 bits per heavy atom. The maximum Gasteiger partial charge on any atom is 0.231 e. The summed E-state index contributed by atoms with van der Waals surface area (Å²) in [5, 5.41) is 13.6. The quantitative estimate of drug-likeness (QED) is 0.332. The molecule has 2 N–H and O–H groups in total. The van der Waals surface area contributed by atoms with Crippen molar-refractivity contribution >= 4 is 39.3 Å². The van der Waals surface area contributed by atoms with Crippen LogP contribution in [0.15, 0.2) is 81.9 Å². The number of carbonyl (C=O) groups is 4. The van der Waals surface area contributed by atoms with Crippen LogP contribution in [0.25, 0.3) is 0 Å². The van der Waals surface area contributed by atoms with Gasteiger partial charge in [-0.2, -0.15) is 0 Å². The van der Waals surface area contributed by atoms with Gasteiger partial charge in [-0.15, -0.1) is 0 Å². The molecule has 4 unspecified atom stereocenters. The van der Waals surface area contributed by atoms with Crippen molar-refractivity contribution in [3.8, 4) is 11.5 Å². The number of phenols is 1. The highest BCUT2D eigenvalue weighted by atomic mass is 79.9. The van der Waals surface area contributed by atoms with Gasteiger partial charge in [0.05, 0.1) is 16.3 Å². The van der Waals surface area contributed by atoms with E-state index in [0.717, 1.165) is 11.1 Å². The van der Waals surface area contributed by atoms with Crippen molar-refractivity contribution in [3.05, 3.63) is 93.0 Å².